The molecule has 0 bridgehead atoms. The van der Waals surface area contributed by atoms with E-state index >= 15 is 0 Å². The molecule has 0 unspecified atom stereocenters. The zero-order valence-electron chi connectivity index (χ0n) is 17.2. The highest BCUT2D eigenvalue weighted by atomic mass is 16.3. The predicted octanol–water partition coefficient (Wildman–Crippen LogP) is 4.50. The number of phenols is 2. The van der Waals surface area contributed by atoms with E-state index in [-0.39, 0.29) is 23.8 Å². The molecule has 3 N–H and O–H groups in total. The summed E-state index contributed by atoms with van der Waals surface area (Å²) in [5.41, 5.74) is 5.84. The monoisotopic (exact) mass is 423 g/mol. The number of anilines is 1. The standard InChI is InChI=1S/C26H21N3O3/c30-19-9-6-16(7-10-19)14-23(32)28-26-24(17-4-2-1-3-5-17)29-25-21-12-11-20(31)15-18(21)8-13-22(25)27-26/h1-7,9-12,15,30-31H,8,13-14H2,(H,27,28,32). The molecule has 1 aliphatic carbocycles. The third-order valence-electron chi connectivity index (χ3n) is 5.55. The van der Waals surface area contributed by atoms with Gasteiger partial charge in [-0.25, -0.2) is 9.97 Å². The van der Waals surface area contributed by atoms with Gasteiger partial charge in [0.15, 0.2) is 5.82 Å². The van der Waals surface area contributed by atoms with Crippen molar-refractivity contribution >= 4 is 11.7 Å². The van der Waals surface area contributed by atoms with Crippen LogP contribution in [-0.2, 0) is 24.1 Å². The number of benzene rings is 3. The van der Waals surface area contributed by atoms with Crippen molar-refractivity contribution in [2.24, 2.45) is 0 Å². The fraction of sp³-hybridized carbons (Fsp3) is 0.115. The molecular formula is C26H21N3O3. The average Bonchev–Trinajstić information content (AvgIpc) is 2.80. The van der Waals surface area contributed by atoms with Gasteiger partial charge in [-0.15, -0.1) is 0 Å². The Labute approximate surface area is 185 Å². The summed E-state index contributed by atoms with van der Waals surface area (Å²) in [6.07, 6.45) is 1.58. The molecule has 1 heterocycles. The minimum atomic E-state index is -0.205. The first-order chi connectivity index (χ1) is 15.6. The normalized spacial score (nSPS) is 12.0. The molecule has 0 fully saturated rings. The topological polar surface area (TPSA) is 95.3 Å². The second-order valence-corrected chi connectivity index (χ2v) is 7.81. The van der Waals surface area contributed by atoms with Crippen LogP contribution in [0.25, 0.3) is 22.5 Å². The van der Waals surface area contributed by atoms with E-state index in [9.17, 15) is 15.0 Å². The number of nitrogens with zero attached hydrogens (tertiary/aromatic N) is 2. The summed E-state index contributed by atoms with van der Waals surface area (Å²) in [6, 6.07) is 21.5. The van der Waals surface area contributed by atoms with Gasteiger partial charge >= 0.3 is 0 Å². The fourth-order valence-corrected chi connectivity index (χ4v) is 3.99. The molecule has 6 nitrogen and oxygen atoms in total. The Morgan fingerprint density at radius 3 is 2.38 bits per heavy atom. The van der Waals surface area contributed by atoms with Gasteiger partial charge in [0, 0.05) is 11.1 Å². The quantitative estimate of drug-likeness (QED) is 0.449. The zero-order chi connectivity index (χ0) is 22.1. The molecule has 1 aromatic heterocycles. The van der Waals surface area contributed by atoms with E-state index in [4.69, 9.17) is 9.97 Å². The molecule has 3 aromatic carbocycles. The Morgan fingerprint density at radius 2 is 1.59 bits per heavy atom. The van der Waals surface area contributed by atoms with Gasteiger partial charge in [0.2, 0.25) is 5.91 Å². The molecule has 0 radical (unpaired) electrons. The van der Waals surface area contributed by atoms with Crippen LogP contribution in [0.15, 0.2) is 72.8 Å². The lowest BCUT2D eigenvalue weighted by molar-refractivity contribution is -0.115. The zero-order valence-corrected chi connectivity index (χ0v) is 17.2. The Bertz CT molecular complexity index is 1300. The van der Waals surface area contributed by atoms with Crippen molar-refractivity contribution in [3.8, 4) is 34.0 Å². The number of carbonyl (C=O) groups excluding carboxylic acids is 1. The van der Waals surface area contributed by atoms with Gasteiger partial charge in [0.05, 0.1) is 17.8 Å². The maximum absolute atomic E-state index is 12.8. The lowest BCUT2D eigenvalue weighted by Gasteiger charge is -2.21. The third kappa shape index (κ3) is 3.90. The first-order valence-electron chi connectivity index (χ1n) is 10.4. The van der Waals surface area contributed by atoms with Crippen LogP contribution in [0.2, 0.25) is 0 Å². The Kier molecular flexibility index (Phi) is 5.03. The largest absolute Gasteiger partial charge is 0.508 e. The van der Waals surface area contributed by atoms with E-state index in [0.29, 0.717) is 17.9 Å². The first kappa shape index (κ1) is 19.8. The highest BCUT2D eigenvalue weighted by Crippen LogP contribution is 2.36. The number of fused-ring (bicyclic) bond motifs is 3. The molecule has 0 saturated carbocycles. The minimum Gasteiger partial charge on any atom is -0.508 e. The van der Waals surface area contributed by atoms with Gasteiger partial charge < -0.3 is 15.5 Å². The summed E-state index contributed by atoms with van der Waals surface area (Å²) in [5.74, 6) is 0.625. The summed E-state index contributed by atoms with van der Waals surface area (Å²) in [4.78, 5) is 22.5. The third-order valence-corrected chi connectivity index (χ3v) is 5.55. The SMILES string of the molecule is O=C(Cc1ccc(O)cc1)Nc1nc2c(nc1-c1ccccc1)-c1ccc(O)cc1CC2. The van der Waals surface area contributed by atoms with Crippen molar-refractivity contribution in [3.05, 3.63) is 89.6 Å². The Hall–Kier alpha value is -4.19. The molecule has 6 heteroatoms. The van der Waals surface area contributed by atoms with Crippen LogP contribution >= 0.6 is 0 Å². The maximum atomic E-state index is 12.8. The molecule has 4 aromatic rings. The molecule has 5 rings (SSSR count). The van der Waals surface area contributed by atoms with Crippen molar-refractivity contribution in [2.75, 3.05) is 5.32 Å². The van der Waals surface area contributed by atoms with Crippen molar-refractivity contribution in [1.29, 1.82) is 0 Å². The number of amides is 1. The molecule has 0 saturated heterocycles. The van der Waals surface area contributed by atoms with E-state index in [1.165, 1.54) is 0 Å². The molecule has 0 atom stereocenters. The number of rotatable bonds is 4. The van der Waals surface area contributed by atoms with Gasteiger partial charge in [0.1, 0.15) is 17.2 Å². The van der Waals surface area contributed by atoms with E-state index in [2.05, 4.69) is 5.32 Å². The smallest absolute Gasteiger partial charge is 0.230 e. The van der Waals surface area contributed by atoms with Crippen LogP contribution in [0.4, 0.5) is 5.82 Å². The van der Waals surface area contributed by atoms with Crippen LogP contribution in [-0.4, -0.2) is 26.1 Å². The Balaban J connectivity index is 1.54. The maximum Gasteiger partial charge on any atom is 0.230 e. The molecule has 0 spiro atoms. The van der Waals surface area contributed by atoms with E-state index in [1.54, 1.807) is 36.4 Å². The van der Waals surface area contributed by atoms with Crippen molar-refractivity contribution in [3.63, 3.8) is 0 Å². The number of hydrogen-bond donors (Lipinski definition) is 3. The minimum absolute atomic E-state index is 0.162. The highest BCUT2D eigenvalue weighted by Gasteiger charge is 2.23. The lowest BCUT2D eigenvalue weighted by Crippen LogP contribution is -2.18. The van der Waals surface area contributed by atoms with Crippen LogP contribution in [0.1, 0.15) is 16.8 Å². The first-order valence-corrected chi connectivity index (χ1v) is 10.4. The highest BCUT2D eigenvalue weighted by molar-refractivity contribution is 5.95. The molecule has 0 aliphatic heterocycles. The number of phenolic OH excluding ortho intramolecular Hbond substituents is 2. The number of nitrogens with one attached hydrogen (secondary N) is 1. The van der Waals surface area contributed by atoms with Crippen LogP contribution in [0.3, 0.4) is 0 Å². The van der Waals surface area contributed by atoms with Crippen molar-refractivity contribution in [2.45, 2.75) is 19.3 Å². The van der Waals surface area contributed by atoms with Crippen molar-refractivity contribution in [1.82, 2.24) is 9.97 Å². The lowest BCUT2D eigenvalue weighted by atomic mass is 9.91. The van der Waals surface area contributed by atoms with Gasteiger partial charge in [-0.2, -0.15) is 0 Å². The predicted molar refractivity (Wildman–Crippen MR) is 122 cm³/mol. The summed E-state index contributed by atoms with van der Waals surface area (Å²) in [7, 11) is 0. The van der Waals surface area contributed by atoms with Gasteiger partial charge in [-0.05, 0) is 54.3 Å². The average molecular weight is 423 g/mol. The Morgan fingerprint density at radius 1 is 0.844 bits per heavy atom. The van der Waals surface area contributed by atoms with E-state index in [0.717, 1.165) is 40.1 Å². The van der Waals surface area contributed by atoms with Gasteiger partial charge in [-0.3, -0.25) is 4.79 Å². The van der Waals surface area contributed by atoms with Crippen LogP contribution in [0.5, 0.6) is 11.5 Å². The summed E-state index contributed by atoms with van der Waals surface area (Å²) < 4.78 is 0. The fourth-order valence-electron chi connectivity index (χ4n) is 3.99. The van der Waals surface area contributed by atoms with Gasteiger partial charge in [0.25, 0.3) is 0 Å². The van der Waals surface area contributed by atoms with E-state index < -0.39 is 0 Å². The number of aromatic nitrogens is 2. The molecule has 158 valence electrons. The summed E-state index contributed by atoms with van der Waals surface area (Å²) in [6.45, 7) is 0. The molecular weight excluding hydrogens is 402 g/mol. The number of hydrogen-bond acceptors (Lipinski definition) is 5. The number of carbonyl (C=O) groups is 1. The second kappa shape index (κ2) is 8.15. The van der Waals surface area contributed by atoms with Gasteiger partial charge in [-0.1, -0.05) is 42.5 Å². The van der Waals surface area contributed by atoms with Crippen LogP contribution < -0.4 is 5.32 Å². The van der Waals surface area contributed by atoms with Crippen LogP contribution in [0, 0.1) is 0 Å². The molecule has 1 amide bonds. The second-order valence-electron chi connectivity index (χ2n) is 7.81. The van der Waals surface area contributed by atoms with Crippen molar-refractivity contribution < 1.29 is 15.0 Å². The number of aryl methyl sites for hydroxylation is 2. The number of aromatic hydroxyl groups is 2. The van der Waals surface area contributed by atoms with E-state index in [1.807, 2.05) is 36.4 Å². The summed E-state index contributed by atoms with van der Waals surface area (Å²) in [5, 5.41) is 22.2. The molecule has 1 aliphatic rings. The molecule has 32 heavy (non-hydrogen) atoms. The summed E-state index contributed by atoms with van der Waals surface area (Å²) >= 11 is 0.